The van der Waals surface area contributed by atoms with E-state index in [-0.39, 0.29) is 0 Å². The first kappa shape index (κ1) is 13.1. The van der Waals surface area contributed by atoms with Crippen LogP contribution in [0.25, 0.3) is 10.1 Å². The van der Waals surface area contributed by atoms with Crippen LogP contribution >= 0.6 is 11.3 Å². The van der Waals surface area contributed by atoms with Crippen LogP contribution in [0.4, 0.5) is 0 Å². The van der Waals surface area contributed by atoms with Crippen LogP contribution in [0.3, 0.4) is 0 Å². The summed E-state index contributed by atoms with van der Waals surface area (Å²) in [6.45, 7) is 4.60. The predicted molar refractivity (Wildman–Crippen MR) is 80.5 cm³/mol. The number of hydrogen-bond acceptors (Lipinski definition) is 4. The van der Waals surface area contributed by atoms with E-state index in [2.05, 4.69) is 35.2 Å². The molecule has 102 valence electrons. The van der Waals surface area contributed by atoms with Gasteiger partial charge >= 0.3 is 0 Å². The summed E-state index contributed by atoms with van der Waals surface area (Å²) in [7, 11) is 0. The Hall–Kier alpha value is -0.940. The molecule has 1 fully saturated rings. The molecule has 0 bridgehead atoms. The third-order valence-corrected chi connectivity index (χ3v) is 4.67. The maximum absolute atomic E-state index is 5.73. The zero-order chi connectivity index (χ0) is 13.1. The number of nitrogens with zero attached hydrogens (tertiary/aromatic N) is 1. The van der Waals surface area contributed by atoms with E-state index in [1.54, 1.807) is 0 Å². The van der Waals surface area contributed by atoms with Gasteiger partial charge in [0.05, 0.1) is 12.7 Å². The smallest absolute Gasteiger partial charge is 0.0714 e. The maximum Gasteiger partial charge on any atom is 0.0714 e. The normalized spacial score (nSPS) is 21.0. The van der Waals surface area contributed by atoms with Gasteiger partial charge in [0.2, 0.25) is 0 Å². The predicted octanol–water partition coefficient (Wildman–Crippen LogP) is 2.45. The highest BCUT2D eigenvalue weighted by Crippen LogP contribution is 2.26. The molecule has 1 aromatic heterocycles. The number of morpholine rings is 1. The molecule has 1 atom stereocenters. The standard InChI is InChI=1S/C15H20N2OS/c16-6-5-13-10-17(7-8-18-13)11-14-9-12-3-1-2-4-15(12)19-14/h1-4,9,13H,5-8,10-11,16H2. The van der Waals surface area contributed by atoms with E-state index in [0.29, 0.717) is 12.6 Å². The Morgan fingerprint density at radius 3 is 3.11 bits per heavy atom. The van der Waals surface area contributed by atoms with Gasteiger partial charge in [0.25, 0.3) is 0 Å². The molecule has 1 aromatic carbocycles. The number of hydrogen-bond donors (Lipinski definition) is 1. The lowest BCUT2D eigenvalue weighted by atomic mass is 10.2. The molecule has 1 aliphatic rings. The van der Waals surface area contributed by atoms with Gasteiger partial charge in [-0.2, -0.15) is 0 Å². The molecule has 0 spiro atoms. The van der Waals surface area contributed by atoms with Crippen LogP contribution in [-0.2, 0) is 11.3 Å². The molecule has 4 heteroatoms. The minimum Gasteiger partial charge on any atom is -0.376 e. The van der Waals surface area contributed by atoms with Gasteiger partial charge in [0.1, 0.15) is 0 Å². The van der Waals surface area contributed by atoms with Gasteiger partial charge < -0.3 is 10.5 Å². The largest absolute Gasteiger partial charge is 0.376 e. The van der Waals surface area contributed by atoms with E-state index in [9.17, 15) is 0 Å². The molecule has 1 saturated heterocycles. The van der Waals surface area contributed by atoms with Gasteiger partial charge in [-0.15, -0.1) is 11.3 Å². The van der Waals surface area contributed by atoms with Crippen LogP contribution in [0, 0.1) is 0 Å². The molecular weight excluding hydrogens is 256 g/mol. The van der Waals surface area contributed by atoms with Gasteiger partial charge in [0.15, 0.2) is 0 Å². The molecule has 2 heterocycles. The molecule has 0 saturated carbocycles. The third kappa shape index (κ3) is 3.15. The highest BCUT2D eigenvalue weighted by Gasteiger charge is 2.20. The van der Waals surface area contributed by atoms with Crippen LogP contribution < -0.4 is 5.73 Å². The number of fused-ring (bicyclic) bond motifs is 1. The zero-order valence-electron chi connectivity index (χ0n) is 11.0. The summed E-state index contributed by atoms with van der Waals surface area (Å²) < 4.78 is 7.11. The van der Waals surface area contributed by atoms with E-state index in [4.69, 9.17) is 10.5 Å². The first-order chi connectivity index (χ1) is 9.35. The molecule has 1 unspecified atom stereocenters. The molecule has 2 N–H and O–H groups in total. The molecule has 0 radical (unpaired) electrons. The second kappa shape index (κ2) is 6.01. The maximum atomic E-state index is 5.73. The molecular formula is C15H20N2OS. The number of rotatable bonds is 4. The van der Waals surface area contributed by atoms with E-state index < -0.39 is 0 Å². The summed E-state index contributed by atoms with van der Waals surface area (Å²) in [5.41, 5.74) is 5.61. The van der Waals surface area contributed by atoms with Crippen molar-refractivity contribution in [2.24, 2.45) is 5.73 Å². The number of thiophene rings is 1. The van der Waals surface area contributed by atoms with Crippen molar-refractivity contribution < 1.29 is 4.74 Å². The lowest BCUT2D eigenvalue weighted by Gasteiger charge is -2.32. The molecule has 19 heavy (non-hydrogen) atoms. The van der Waals surface area contributed by atoms with Crippen LogP contribution in [0.15, 0.2) is 30.3 Å². The summed E-state index contributed by atoms with van der Waals surface area (Å²) in [5.74, 6) is 0. The Bertz CT molecular complexity index is 505. The van der Waals surface area contributed by atoms with Crippen LogP contribution in [0.5, 0.6) is 0 Å². The van der Waals surface area contributed by atoms with Crippen molar-refractivity contribution in [2.75, 3.05) is 26.2 Å². The Kier molecular flexibility index (Phi) is 4.13. The van der Waals surface area contributed by atoms with Gasteiger partial charge in [-0.25, -0.2) is 0 Å². The number of ether oxygens (including phenoxy) is 1. The third-order valence-electron chi connectivity index (χ3n) is 3.57. The Morgan fingerprint density at radius 1 is 1.37 bits per heavy atom. The van der Waals surface area contributed by atoms with Crippen molar-refractivity contribution >= 4 is 21.4 Å². The molecule has 3 nitrogen and oxygen atoms in total. The minimum absolute atomic E-state index is 0.313. The average molecular weight is 276 g/mol. The van der Waals surface area contributed by atoms with Crippen LogP contribution in [0.2, 0.25) is 0 Å². The van der Waals surface area contributed by atoms with Crippen molar-refractivity contribution in [2.45, 2.75) is 19.1 Å². The van der Waals surface area contributed by atoms with E-state index >= 15 is 0 Å². The van der Waals surface area contributed by atoms with Crippen molar-refractivity contribution in [3.05, 3.63) is 35.2 Å². The molecule has 3 rings (SSSR count). The van der Waals surface area contributed by atoms with Crippen molar-refractivity contribution in [3.63, 3.8) is 0 Å². The summed E-state index contributed by atoms with van der Waals surface area (Å²) in [6, 6.07) is 10.9. The molecule has 0 amide bonds. The lowest BCUT2D eigenvalue weighted by molar-refractivity contribution is -0.0332. The van der Waals surface area contributed by atoms with E-state index in [1.807, 2.05) is 11.3 Å². The van der Waals surface area contributed by atoms with Crippen molar-refractivity contribution in [3.8, 4) is 0 Å². The molecule has 2 aromatic rings. The van der Waals surface area contributed by atoms with E-state index in [1.165, 1.54) is 15.0 Å². The Morgan fingerprint density at radius 2 is 2.26 bits per heavy atom. The number of nitrogens with two attached hydrogens (primary N) is 1. The Labute approximate surface area is 118 Å². The quantitative estimate of drug-likeness (QED) is 0.932. The second-order valence-electron chi connectivity index (χ2n) is 5.06. The van der Waals surface area contributed by atoms with Gasteiger partial charge in [0, 0.05) is 29.2 Å². The van der Waals surface area contributed by atoms with Crippen molar-refractivity contribution in [1.29, 1.82) is 0 Å². The van der Waals surface area contributed by atoms with E-state index in [0.717, 1.165) is 32.7 Å². The fourth-order valence-corrected chi connectivity index (χ4v) is 3.73. The van der Waals surface area contributed by atoms with Gasteiger partial charge in [-0.1, -0.05) is 18.2 Å². The molecule has 1 aliphatic heterocycles. The van der Waals surface area contributed by atoms with Crippen LogP contribution in [0.1, 0.15) is 11.3 Å². The SMILES string of the molecule is NCCC1CN(Cc2cc3ccccc3s2)CCO1. The zero-order valence-corrected chi connectivity index (χ0v) is 11.9. The van der Waals surface area contributed by atoms with Crippen LogP contribution in [-0.4, -0.2) is 37.2 Å². The minimum atomic E-state index is 0.313. The van der Waals surface area contributed by atoms with Gasteiger partial charge in [-0.3, -0.25) is 4.90 Å². The fourth-order valence-electron chi connectivity index (χ4n) is 2.62. The summed E-state index contributed by atoms with van der Waals surface area (Å²) in [4.78, 5) is 3.92. The topological polar surface area (TPSA) is 38.5 Å². The summed E-state index contributed by atoms with van der Waals surface area (Å²) in [6.07, 6.45) is 1.27. The average Bonchev–Trinajstić information content (AvgIpc) is 2.81. The highest BCUT2D eigenvalue weighted by molar-refractivity contribution is 7.19. The summed E-state index contributed by atoms with van der Waals surface area (Å²) in [5, 5.41) is 1.36. The first-order valence-electron chi connectivity index (χ1n) is 6.86. The molecule has 0 aliphatic carbocycles. The van der Waals surface area contributed by atoms with Gasteiger partial charge in [-0.05, 0) is 30.5 Å². The lowest BCUT2D eigenvalue weighted by Crippen LogP contribution is -2.42. The number of benzene rings is 1. The van der Waals surface area contributed by atoms with Crippen molar-refractivity contribution in [1.82, 2.24) is 4.90 Å². The highest BCUT2D eigenvalue weighted by atomic mass is 32.1. The fraction of sp³-hybridized carbons (Fsp3) is 0.467. The second-order valence-corrected chi connectivity index (χ2v) is 6.22. The Balaban J connectivity index is 1.67. The monoisotopic (exact) mass is 276 g/mol. The first-order valence-corrected chi connectivity index (χ1v) is 7.68. The summed E-state index contributed by atoms with van der Waals surface area (Å²) >= 11 is 1.90.